The van der Waals surface area contributed by atoms with E-state index in [1.807, 2.05) is 30.0 Å². The molecule has 1 N–H and O–H groups in total. The molecule has 0 spiro atoms. The highest BCUT2D eigenvalue weighted by molar-refractivity contribution is 8.00. The molecule has 0 atom stereocenters. The number of rotatable bonds is 2. The first-order chi connectivity index (χ1) is 6.45. The van der Waals surface area contributed by atoms with Crippen LogP contribution in [0.4, 0.5) is 5.82 Å². The Bertz CT molecular complexity index is 289. The largest absolute Gasteiger partial charge is 0.261 e. The molecule has 0 aromatic carbocycles. The number of nitrogens with one attached hydrogen (secondary N) is 1. The van der Waals surface area contributed by atoms with Gasteiger partial charge < -0.3 is 0 Å². The molecule has 2 rings (SSSR count). The fourth-order valence-electron chi connectivity index (χ4n) is 1.11. The summed E-state index contributed by atoms with van der Waals surface area (Å²) in [6.45, 7) is 0. The molecule has 0 amide bonds. The lowest BCUT2D eigenvalue weighted by molar-refractivity contribution is 1.20. The first kappa shape index (κ1) is 8.56. The Morgan fingerprint density at radius 1 is 1.46 bits per heavy atom. The first-order valence-electron chi connectivity index (χ1n) is 4.25. The first-order valence-corrected chi connectivity index (χ1v) is 5.41. The number of anilines is 1. The maximum atomic E-state index is 4.28. The van der Waals surface area contributed by atoms with Gasteiger partial charge in [0.1, 0.15) is 5.82 Å². The smallest absolute Gasteiger partial charge is 0.146 e. The minimum atomic E-state index is 0.812. The molecule has 4 heteroatoms. The predicted octanol–water partition coefficient (Wildman–Crippen LogP) is 1.99. The van der Waals surface area contributed by atoms with E-state index < -0.39 is 0 Å². The molecule has 1 aliphatic rings. The standard InChI is InChI=1S/C9H11N3S/c1-2-5-10-9(3-1)12-11-8-4-6-13-7-8/h1-3,5H,4,6-7H2,(H,10,12)/b11-8-. The average Bonchev–Trinajstić information content (AvgIpc) is 2.69. The Morgan fingerprint density at radius 3 is 3.15 bits per heavy atom. The fraction of sp³-hybridized carbons (Fsp3) is 0.333. The predicted molar refractivity (Wildman–Crippen MR) is 57.2 cm³/mol. The van der Waals surface area contributed by atoms with Gasteiger partial charge in [-0.05, 0) is 24.3 Å². The second-order valence-corrected chi connectivity index (χ2v) is 3.91. The second kappa shape index (κ2) is 4.28. The molecule has 1 aromatic rings. The summed E-state index contributed by atoms with van der Waals surface area (Å²) in [6.07, 6.45) is 2.86. The molecule has 1 aliphatic heterocycles. The highest BCUT2D eigenvalue weighted by Crippen LogP contribution is 2.14. The monoisotopic (exact) mass is 193 g/mol. The van der Waals surface area contributed by atoms with Crippen molar-refractivity contribution in [3.8, 4) is 0 Å². The van der Waals surface area contributed by atoms with Crippen LogP contribution in [0.2, 0.25) is 0 Å². The summed E-state index contributed by atoms with van der Waals surface area (Å²) >= 11 is 1.93. The summed E-state index contributed by atoms with van der Waals surface area (Å²) < 4.78 is 0. The maximum Gasteiger partial charge on any atom is 0.146 e. The van der Waals surface area contributed by atoms with E-state index in [4.69, 9.17) is 0 Å². The van der Waals surface area contributed by atoms with Gasteiger partial charge in [-0.3, -0.25) is 5.43 Å². The van der Waals surface area contributed by atoms with Crippen molar-refractivity contribution >= 4 is 23.3 Å². The summed E-state index contributed by atoms with van der Waals surface area (Å²) in [7, 11) is 0. The summed E-state index contributed by atoms with van der Waals surface area (Å²) in [5, 5.41) is 4.28. The molecular formula is C9H11N3S. The zero-order valence-electron chi connectivity index (χ0n) is 7.23. The summed E-state index contributed by atoms with van der Waals surface area (Å²) in [5.41, 5.74) is 4.18. The van der Waals surface area contributed by atoms with Crippen molar-refractivity contribution in [3.05, 3.63) is 24.4 Å². The summed E-state index contributed by atoms with van der Waals surface area (Å²) in [6, 6.07) is 5.74. The molecule has 68 valence electrons. The van der Waals surface area contributed by atoms with E-state index in [-0.39, 0.29) is 0 Å². The number of pyridine rings is 1. The Hall–Kier alpha value is -1.03. The maximum absolute atomic E-state index is 4.28. The number of aromatic nitrogens is 1. The third kappa shape index (κ3) is 2.45. The number of hydrazone groups is 1. The molecular weight excluding hydrogens is 182 g/mol. The van der Waals surface area contributed by atoms with Crippen LogP contribution in [-0.2, 0) is 0 Å². The van der Waals surface area contributed by atoms with Gasteiger partial charge >= 0.3 is 0 Å². The molecule has 0 unspecified atom stereocenters. The Labute approximate surface area is 81.6 Å². The lowest BCUT2D eigenvalue weighted by Crippen LogP contribution is -2.00. The van der Waals surface area contributed by atoms with Crippen LogP contribution in [0.3, 0.4) is 0 Å². The van der Waals surface area contributed by atoms with Gasteiger partial charge in [-0.1, -0.05) is 6.07 Å². The highest BCUT2D eigenvalue weighted by atomic mass is 32.2. The minimum absolute atomic E-state index is 0.812. The van der Waals surface area contributed by atoms with Gasteiger partial charge in [0.05, 0.1) is 0 Å². The van der Waals surface area contributed by atoms with Gasteiger partial charge in [0, 0.05) is 17.7 Å². The van der Waals surface area contributed by atoms with Crippen LogP contribution in [0.1, 0.15) is 6.42 Å². The zero-order valence-corrected chi connectivity index (χ0v) is 8.05. The molecule has 13 heavy (non-hydrogen) atoms. The number of thioether (sulfide) groups is 1. The van der Waals surface area contributed by atoms with Crippen LogP contribution in [0.15, 0.2) is 29.5 Å². The van der Waals surface area contributed by atoms with Crippen molar-refractivity contribution in [1.82, 2.24) is 4.98 Å². The van der Waals surface area contributed by atoms with Crippen LogP contribution in [0, 0.1) is 0 Å². The van der Waals surface area contributed by atoms with Gasteiger partial charge in [-0.25, -0.2) is 4.98 Å². The Balaban J connectivity index is 1.95. The quantitative estimate of drug-likeness (QED) is 0.730. The van der Waals surface area contributed by atoms with Crippen molar-refractivity contribution in [2.45, 2.75) is 6.42 Å². The molecule has 0 radical (unpaired) electrons. The Kier molecular flexibility index (Phi) is 2.82. The van der Waals surface area contributed by atoms with Crippen LogP contribution >= 0.6 is 11.8 Å². The molecule has 3 nitrogen and oxygen atoms in total. The average molecular weight is 193 g/mol. The normalized spacial score (nSPS) is 19.2. The van der Waals surface area contributed by atoms with E-state index >= 15 is 0 Å². The van der Waals surface area contributed by atoms with E-state index in [1.165, 1.54) is 11.5 Å². The van der Waals surface area contributed by atoms with Gasteiger partial charge in [-0.2, -0.15) is 16.9 Å². The van der Waals surface area contributed by atoms with Crippen LogP contribution in [-0.4, -0.2) is 22.2 Å². The minimum Gasteiger partial charge on any atom is -0.261 e. The lowest BCUT2D eigenvalue weighted by atomic mass is 10.3. The SMILES string of the molecule is c1ccc(N/N=C2/CCSC2)nc1. The Morgan fingerprint density at radius 2 is 2.46 bits per heavy atom. The summed E-state index contributed by atoms with van der Waals surface area (Å²) in [5.74, 6) is 3.06. The van der Waals surface area contributed by atoms with Gasteiger partial charge in [0.15, 0.2) is 0 Å². The van der Waals surface area contributed by atoms with Crippen molar-refractivity contribution in [2.75, 3.05) is 16.9 Å². The molecule has 0 saturated carbocycles. The molecule has 2 heterocycles. The molecule has 1 fully saturated rings. The third-order valence-electron chi connectivity index (χ3n) is 1.80. The lowest BCUT2D eigenvalue weighted by Gasteiger charge is -1.98. The highest BCUT2D eigenvalue weighted by Gasteiger charge is 2.07. The second-order valence-electron chi connectivity index (χ2n) is 2.81. The van der Waals surface area contributed by atoms with E-state index in [0.717, 1.165) is 18.0 Å². The van der Waals surface area contributed by atoms with Crippen LogP contribution in [0.5, 0.6) is 0 Å². The number of hydrogen-bond acceptors (Lipinski definition) is 4. The van der Waals surface area contributed by atoms with E-state index in [0.29, 0.717) is 0 Å². The zero-order chi connectivity index (χ0) is 8.93. The van der Waals surface area contributed by atoms with E-state index in [1.54, 1.807) is 6.20 Å². The molecule has 1 saturated heterocycles. The van der Waals surface area contributed by atoms with Gasteiger partial charge in [-0.15, -0.1) is 0 Å². The van der Waals surface area contributed by atoms with Crippen molar-refractivity contribution in [2.24, 2.45) is 5.10 Å². The van der Waals surface area contributed by atoms with E-state index in [2.05, 4.69) is 15.5 Å². The molecule has 1 aromatic heterocycles. The van der Waals surface area contributed by atoms with Gasteiger partial charge in [0.25, 0.3) is 0 Å². The number of nitrogens with zero attached hydrogens (tertiary/aromatic N) is 2. The van der Waals surface area contributed by atoms with Crippen LogP contribution < -0.4 is 5.43 Å². The fourth-order valence-corrected chi connectivity index (χ4v) is 2.07. The van der Waals surface area contributed by atoms with Crippen molar-refractivity contribution in [3.63, 3.8) is 0 Å². The van der Waals surface area contributed by atoms with Crippen molar-refractivity contribution in [1.29, 1.82) is 0 Å². The van der Waals surface area contributed by atoms with Crippen LogP contribution in [0.25, 0.3) is 0 Å². The number of hydrogen-bond donors (Lipinski definition) is 1. The van der Waals surface area contributed by atoms with Crippen molar-refractivity contribution < 1.29 is 0 Å². The molecule has 0 bridgehead atoms. The third-order valence-corrected chi connectivity index (χ3v) is 2.83. The molecule has 0 aliphatic carbocycles. The topological polar surface area (TPSA) is 37.3 Å². The van der Waals surface area contributed by atoms with Gasteiger partial charge in [0.2, 0.25) is 0 Å². The van der Waals surface area contributed by atoms with E-state index in [9.17, 15) is 0 Å². The summed E-state index contributed by atoms with van der Waals surface area (Å²) in [4.78, 5) is 4.11.